The number of thiazole rings is 1. The zero-order chi connectivity index (χ0) is 13.8. The minimum Gasteiger partial charge on any atom is -0.363 e. The van der Waals surface area contributed by atoms with Crippen LogP contribution < -0.4 is 5.73 Å². The summed E-state index contributed by atoms with van der Waals surface area (Å²) in [7, 11) is 0. The number of nitrogens with two attached hydrogens (primary N) is 1. The minimum atomic E-state index is 0.279. The van der Waals surface area contributed by atoms with E-state index in [1.165, 1.54) is 30.0 Å². The zero-order valence-corrected chi connectivity index (χ0v) is 12.5. The van der Waals surface area contributed by atoms with Crippen LogP contribution in [0.3, 0.4) is 0 Å². The molecule has 1 atom stereocenters. The van der Waals surface area contributed by atoms with Crippen LogP contribution in [0, 0.1) is 0 Å². The van der Waals surface area contributed by atoms with Gasteiger partial charge in [0, 0.05) is 23.7 Å². The van der Waals surface area contributed by atoms with Crippen molar-refractivity contribution < 1.29 is 0 Å². The van der Waals surface area contributed by atoms with Crippen LogP contribution in [0.1, 0.15) is 41.7 Å². The number of aromatic nitrogens is 2. The highest BCUT2D eigenvalue weighted by atomic mass is 32.1. The normalized spacial score (nSPS) is 18.2. The summed E-state index contributed by atoms with van der Waals surface area (Å²) in [5.74, 6) is 0. The van der Waals surface area contributed by atoms with Crippen molar-refractivity contribution in [2.45, 2.75) is 31.7 Å². The highest BCUT2D eigenvalue weighted by Crippen LogP contribution is 2.32. The van der Waals surface area contributed by atoms with Crippen LogP contribution in [0.25, 0.3) is 0 Å². The highest BCUT2D eigenvalue weighted by molar-refractivity contribution is 7.09. The maximum atomic E-state index is 5.63. The standard InChI is InChI=1S/C15H22N4S/c16-7-6-12-11-20-15(18-12)14(13-5-4-8-17-13)19-9-2-1-3-10-19/h4-5,8,11,14,17H,1-3,6-7,9-10,16H2. The van der Waals surface area contributed by atoms with E-state index >= 15 is 0 Å². The molecule has 20 heavy (non-hydrogen) atoms. The number of hydrogen-bond donors (Lipinski definition) is 2. The van der Waals surface area contributed by atoms with Gasteiger partial charge in [0.2, 0.25) is 0 Å². The van der Waals surface area contributed by atoms with Gasteiger partial charge in [0.05, 0.1) is 5.69 Å². The second kappa shape index (κ2) is 6.52. The molecule has 108 valence electrons. The number of aromatic amines is 1. The Morgan fingerprint density at radius 1 is 1.35 bits per heavy atom. The van der Waals surface area contributed by atoms with Crippen molar-refractivity contribution in [3.8, 4) is 0 Å². The average Bonchev–Trinajstić information content (AvgIpc) is 3.14. The lowest BCUT2D eigenvalue weighted by atomic mass is 10.1. The number of rotatable bonds is 5. The topological polar surface area (TPSA) is 57.9 Å². The van der Waals surface area contributed by atoms with E-state index in [0.717, 1.165) is 25.2 Å². The SMILES string of the molecule is NCCc1csc(C(c2ccc[nH]2)N2CCCCC2)n1. The fraction of sp³-hybridized carbons (Fsp3) is 0.533. The third-order valence-electron chi connectivity index (χ3n) is 3.88. The molecular formula is C15H22N4S. The Bertz CT molecular complexity index is 514. The van der Waals surface area contributed by atoms with Gasteiger partial charge < -0.3 is 10.7 Å². The molecule has 4 nitrogen and oxygen atoms in total. The molecule has 2 aromatic rings. The summed E-state index contributed by atoms with van der Waals surface area (Å²) in [6, 6.07) is 4.52. The molecule has 0 aromatic carbocycles. The van der Waals surface area contributed by atoms with E-state index in [1.807, 2.05) is 6.20 Å². The molecule has 3 N–H and O–H groups in total. The van der Waals surface area contributed by atoms with E-state index in [4.69, 9.17) is 10.7 Å². The van der Waals surface area contributed by atoms with Crippen molar-refractivity contribution in [1.29, 1.82) is 0 Å². The van der Waals surface area contributed by atoms with Crippen LogP contribution in [-0.2, 0) is 6.42 Å². The molecule has 0 amide bonds. The van der Waals surface area contributed by atoms with Crippen molar-refractivity contribution in [2.24, 2.45) is 5.73 Å². The van der Waals surface area contributed by atoms with Crippen LogP contribution in [0.4, 0.5) is 0 Å². The monoisotopic (exact) mass is 290 g/mol. The van der Waals surface area contributed by atoms with E-state index in [1.54, 1.807) is 11.3 Å². The van der Waals surface area contributed by atoms with Gasteiger partial charge >= 0.3 is 0 Å². The number of likely N-dealkylation sites (tertiary alicyclic amines) is 1. The highest BCUT2D eigenvalue weighted by Gasteiger charge is 2.27. The Morgan fingerprint density at radius 2 is 2.20 bits per heavy atom. The second-order valence-corrected chi connectivity index (χ2v) is 6.23. The summed E-state index contributed by atoms with van der Waals surface area (Å²) >= 11 is 1.76. The molecule has 0 radical (unpaired) electrons. The molecular weight excluding hydrogens is 268 g/mol. The van der Waals surface area contributed by atoms with Crippen molar-refractivity contribution in [2.75, 3.05) is 19.6 Å². The molecule has 0 aliphatic carbocycles. The van der Waals surface area contributed by atoms with Gasteiger partial charge in [0.1, 0.15) is 11.0 Å². The molecule has 0 spiro atoms. The van der Waals surface area contributed by atoms with Gasteiger partial charge in [-0.1, -0.05) is 6.42 Å². The second-order valence-electron chi connectivity index (χ2n) is 5.34. The Kier molecular flexibility index (Phi) is 4.50. The Morgan fingerprint density at radius 3 is 2.90 bits per heavy atom. The fourth-order valence-electron chi connectivity index (χ4n) is 2.89. The predicted molar refractivity (Wildman–Crippen MR) is 82.9 cm³/mol. The van der Waals surface area contributed by atoms with Crippen LogP contribution in [0.5, 0.6) is 0 Å². The molecule has 1 fully saturated rings. The number of H-pyrrole nitrogens is 1. The van der Waals surface area contributed by atoms with Crippen molar-refractivity contribution in [3.63, 3.8) is 0 Å². The number of nitrogens with one attached hydrogen (secondary N) is 1. The van der Waals surface area contributed by atoms with Gasteiger partial charge in [-0.25, -0.2) is 4.98 Å². The summed E-state index contributed by atoms with van der Waals surface area (Å²) in [6.07, 6.45) is 6.80. The quantitative estimate of drug-likeness (QED) is 0.889. The van der Waals surface area contributed by atoms with E-state index in [-0.39, 0.29) is 6.04 Å². The molecule has 0 bridgehead atoms. The first-order valence-corrected chi connectivity index (χ1v) is 8.28. The molecule has 1 unspecified atom stereocenters. The smallest absolute Gasteiger partial charge is 0.116 e. The Balaban J connectivity index is 1.87. The third-order valence-corrected chi connectivity index (χ3v) is 4.82. The lowest BCUT2D eigenvalue weighted by Crippen LogP contribution is -2.34. The zero-order valence-electron chi connectivity index (χ0n) is 11.7. The Hall–Kier alpha value is -1.17. The van der Waals surface area contributed by atoms with Crippen LogP contribution in [0.2, 0.25) is 0 Å². The molecule has 3 heterocycles. The van der Waals surface area contributed by atoms with Crippen molar-refractivity contribution >= 4 is 11.3 Å². The first kappa shape index (κ1) is 13.8. The lowest BCUT2D eigenvalue weighted by Gasteiger charge is -2.32. The van der Waals surface area contributed by atoms with Gasteiger partial charge in [-0.15, -0.1) is 11.3 Å². The van der Waals surface area contributed by atoms with E-state index in [0.29, 0.717) is 6.54 Å². The number of nitrogens with zero attached hydrogens (tertiary/aromatic N) is 2. The van der Waals surface area contributed by atoms with Gasteiger partial charge in [0.15, 0.2) is 0 Å². The predicted octanol–water partition coefficient (Wildman–Crippen LogP) is 2.55. The summed E-state index contributed by atoms with van der Waals surface area (Å²) in [4.78, 5) is 10.7. The molecule has 1 aliphatic rings. The molecule has 1 saturated heterocycles. The van der Waals surface area contributed by atoms with Crippen LogP contribution in [0.15, 0.2) is 23.7 Å². The van der Waals surface area contributed by atoms with Gasteiger partial charge in [-0.2, -0.15) is 0 Å². The van der Waals surface area contributed by atoms with Crippen LogP contribution in [-0.4, -0.2) is 34.5 Å². The maximum absolute atomic E-state index is 5.63. The van der Waals surface area contributed by atoms with E-state index in [9.17, 15) is 0 Å². The van der Waals surface area contributed by atoms with E-state index in [2.05, 4.69) is 27.4 Å². The summed E-state index contributed by atoms with van der Waals surface area (Å²) in [5.41, 5.74) is 8.01. The van der Waals surface area contributed by atoms with E-state index < -0.39 is 0 Å². The molecule has 3 rings (SSSR count). The first-order chi connectivity index (χ1) is 9.88. The largest absolute Gasteiger partial charge is 0.363 e. The first-order valence-electron chi connectivity index (χ1n) is 7.40. The molecule has 2 aromatic heterocycles. The van der Waals surface area contributed by atoms with Crippen molar-refractivity contribution in [3.05, 3.63) is 40.1 Å². The molecule has 5 heteroatoms. The summed E-state index contributed by atoms with van der Waals surface area (Å²) in [6.45, 7) is 2.99. The lowest BCUT2D eigenvalue weighted by molar-refractivity contribution is 0.184. The summed E-state index contributed by atoms with van der Waals surface area (Å²) in [5, 5.41) is 3.35. The van der Waals surface area contributed by atoms with Gasteiger partial charge in [0.25, 0.3) is 0 Å². The minimum absolute atomic E-state index is 0.279. The van der Waals surface area contributed by atoms with Crippen LogP contribution >= 0.6 is 11.3 Å². The third kappa shape index (κ3) is 2.95. The molecule has 1 aliphatic heterocycles. The van der Waals surface area contributed by atoms with Gasteiger partial charge in [-0.05, 0) is 44.6 Å². The summed E-state index contributed by atoms with van der Waals surface area (Å²) < 4.78 is 0. The molecule has 0 saturated carbocycles. The van der Waals surface area contributed by atoms with Crippen molar-refractivity contribution in [1.82, 2.24) is 14.9 Å². The fourth-order valence-corrected chi connectivity index (χ4v) is 3.89. The number of hydrogen-bond acceptors (Lipinski definition) is 4. The average molecular weight is 290 g/mol. The Labute approximate surface area is 124 Å². The maximum Gasteiger partial charge on any atom is 0.116 e. The van der Waals surface area contributed by atoms with Gasteiger partial charge in [-0.3, -0.25) is 4.90 Å². The number of piperidine rings is 1.